The van der Waals surface area contributed by atoms with E-state index >= 15 is 0 Å². The molecule has 70 heavy (non-hydrogen) atoms. The van der Waals surface area contributed by atoms with Crippen molar-refractivity contribution < 1.29 is 25.8 Å². The second-order valence-electron chi connectivity index (χ2n) is 17.7. The molecular formula is C62H36O6P2. The second kappa shape index (κ2) is 15.4. The minimum atomic E-state index is -2.10. The molecular weight excluding hydrogens is 903 g/mol. The van der Waals surface area contributed by atoms with Crippen LogP contribution in [0.1, 0.15) is 0 Å². The summed E-state index contributed by atoms with van der Waals surface area (Å²) < 4.78 is 42.4. The van der Waals surface area contributed by atoms with Gasteiger partial charge in [0.15, 0.2) is 22.3 Å². The monoisotopic (exact) mass is 938 g/mol. The van der Waals surface area contributed by atoms with Crippen molar-refractivity contribution in [2.75, 3.05) is 0 Å². The minimum absolute atomic E-state index is 0.502. The molecule has 330 valence electrons. The predicted molar refractivity (Wildman–Crippen MR) is 291 cm³/mol. The predicted octanol–water partition coefficient (Wildman–Crippen LogP) is 19.8. The molecule has 15 aromatic rings. The van der Waals surface area contributed by atoms with Gasteiger partial charge in [0.05, 0.1) is 0 Å². The molecule has 8 heteroatoms. The Kier molecular flexibility index (Phi) is 8.67. The van der Waals surface area contributed by atoms with Gasteiger partial charge >= 0.3 is 16.5 Å². The van der Waals surface area contributed by atoms with Gasteiger partial charge in [-0.3, -0.25) is 0 Å². The summed E-state index contributed by atoms with van der Waals surface area (Å²) in [6, 6.07) is 75.4. The second-order valence-corrected chi connectivity index (χ2v) is 19.6. The maximum atomic E-state index is 7.13. The highest BCUT2D eigenvalue weighted by atomic mass is 31.1. The first-order chi connectivity index (χ1) is 34.7. The van der Waals surface area contributed by atoms with Crippen LogP contribution < -0.4 is 9.05 Å². The van der Waals surface area contributed by atoms with E-state index in [0.717, 1.165) is 108 Å². The summed E-state index contributed by atoms with van der Waals surface area (Å²) in [6.07, 6.45) is 0. The summed E-state index contributed by atoms with van der Waals surface area (Å²) >= 11 is 0. The topological polar surface area (TPSA) is 71.0 Å². The Morgan fingerprint density at radius 2 is 0.414 bits per heavy atom. The van der Waals surface area contributed by atoms with E-state index in [1.165, 1.54) is 0 Å². The molecule has 0 atom stereocenters. The molecule has 0 radical (unpaired) electrons. The van der Waals surface area contributed by atoms with Crippen molar-refractivity contribution in [3.63, 3.8) is 0 Å². The molecule has 6 nitrogen and oxygen atoms in total. The lowest BCUT2D eigenvalue weighted by atomic mass is 9.92. The minimum Gasteiger partial charge on any atom is -0.391 e. The van der Waals surface area contributed by atoms with Crippen LogP contribution in [0, 0.1) is 0 Å². The fraction of sp³-hybridized carbons (Fsp3) is 0. The van der Waals surface area contributed by atoms with Crippen molar-refractivity contribution >= 4 is 147 Å². The standard InChI is InChI=1S/C62H36O6P2/c1-9-28-47-39(20-1)43-24-5-13-32-51(43)59-55(47)56-48-29-10-2-21-40(48)44-25-6-14-33-52(44)60(56)66-69(65-59)63-37-18-17-19-38(36-37)64-70-67-61-53-34-15-7-26-45(53)41-22-3-11-30-49(41)57(61)58-50-31-12-4-23-42(50)46-27-8-16-35-54(46)62(58)68-70/h1-36H. The van der Waals surface area contributed by atoms with Gasteiger partial charge in [-0.2, -0.15) is 0 Å². The number of fused-ring (bicyclic) bond motifs is 26. The van der Waals surface area contributed by atoms with E-state index in [9.17, 15) is 0 Å². The number of rotatable bonds is 4. The van der Waals surface area contributed by atoms with Crippen molar-refractivity contribution in [1.29, 1.82) is 0 Å². The molecule has 0 aliphatic rings. The molecule has 0 spiro atoms. The highest BCUT2D eigenvalue weighted by Gasteiger charge is 2.23. The first-order valence-electron chi connectivity index (χ1n) is 23.3. The zero-order valence-electron chi connectivity index (χ0n) is 37.1. The number of benzene rings is 13. The molecule has 0 aliphatic carbocycles. The quantitative estimate of drug-likeness (QED) is 0.164. The fourth-order valence-electron chi connectivity index (χ4n) is 11.0. The summed E-state index contributed by atoms with van der Waals surface area (Å²) in [4.78, 5) is 0. The molecule has 2 heterocycles. The normalized spacial score (nSPS) is 12.0. The van der Waals surface area contributed by atoms with Crippen molar-refractivity contribution in [2.24, 2.45) is 0 Å². The Morgan fingerprint density at radius 3 is 0.657 bits per heavy atom. The van der Waals surface area contributed by atoms with E-state index in [0.29, 0.717) is 33.8 Å². The largest absolute Gasteiger partial charge is 0.453 e. The van der Waals surface area contributed by atoms with E-state index in [4.69, 9.17) is 25.8 Å². The zero-order chi connectivity index (χ0) is 45.9. The highest BCUT2D eigenvalue weighted by Crippen LogP contribution is 2.50. The van der Waals surface area contributed by atoms with E-state index in [1.807, 2.05) is 24.3 Å². The third kappa shape index (κ3) is 5.88. The van der Waals surface area contributed by atoms with Crippen LogP contribution in [0.4, 0.5) is 0 Å². The Bertz CT molecular complexity index is 4230. The summed E-state index contributed by atoms with van der Waals surface area (Å²) in [5.74, 6) is 1.00. The van der Waals surface area contributed by atoms with Crippen LogP contribution in [0.3, 0.4) is 0 Å². The van der Waals surface area contributed by atoms with E-state index in [2.05, 4.69) is 194 Å². The molecule has 0 amide bonds. The highest BCUT2D eigenvalue weighted by molar-refractivity contribution is 7.32. The summed E-state index contributed by atoms with van der Waals surface area (Å²) in [5, 5.41) is 21.0. The Hall–Kier alpha value is -8.66. The molecule has 15 rings (SSSR count). The van der Waals surface area contributed by atoms with E-state index in [1.54, 1.807) is 0 Å². The van der Waals surface area contributed by atoms with Crippen LogP contribution >= 0.6 is 16.5 Å². The average molecular weight is 939 g/mol. The number of hydrogen-bond acceptors (Lipinski definition) is 6. The average Bonchev–Trinajstić information content (AvgIpc) is 3.71. The molecule has 0 saturated carbocycles. The van der Waals surface area contributed by atoms with Gasteiger partial charge in [0.2, 0.25) is 0 Å². The van der Waals surface area contributed by atoms with Crippen LogP contribution in [-0.4, -0.2) is 0 Å². The van der Waals surface area contributed by atoms with Crippen molar-refractivity contribution in [3.8, 4) is 11.5 Å². The molecule has 0 N–H and O–H groups in total. The lowest BCUT2D eigenvalue weighted by Gasteiger charge is -2.11. The SMILES string of the molecule is c1cc(Op2oc3c4ccccc4c4ccccc4c3c3c4ccccc4c4ccccc4c3o2)cc(Op2oc3c4ccccc4c4ccccc4c3c3c4ccccc4c4ccccc4c3o2)c1. The third-order valence-electron chi connectivity index (χ3n) is 13.9. The lowest BCUT2D eigenvalue weighted by Crippen LogP contribution is -1.85. The molecule has 13 aromatic carbocycles. The van der Waals surface area contributed by atoms with Gasteiger partial charge in [0.1, 0.15) is 11.5 Å². The smallest absolute Gasteiger partial charge is 0.391 e. The van der Waals surface area contributed by atoms with Crippen LogP contribution in [-0.2, 0) is 0 Å². The van der Waals surface area contributed by atoms with Gasteiger partial charge in [0.25, 0.3) is 0 Å². The molecule has 0 unspecified atom stereocenters. The molecule has 0 bridgehead atoms. The Morgan fingerprint density at radius 1 is 0.214 bits per heavy atom. The van der Waals surface area contributed by atoms with Gasteiger partial charge in [-0.25, -0.2) is 0 Å². The van der Waals surface area contributed by atoms with E-state index < -0.39 is 16.5 Å². The van der Waals surface area contributed by atoms with Crippen LogP contribution in [0.5, 0.6) is 11.5 Å². The van der Waals surface area contributed by atoms with Crippen molar-refractivity contribution in [1.82, 2.24) is 0 Å². The first-order valence-corrected chi connectivity index (χ1v) is 25.5. The van der Waals surface area contributed by atoms with Gasteiger partial charge in [0, 0.05) is 49.2 Å². The summed E-state index contributed by atoms with van der Waals surface area (Å²) in [5.41, 5.74) is 2.86. The van der Waals surface area contributed by atoms with E-state index in [-0.39, 0.29) is 0 Å². The van der Waals surface area contributed by atoms with Crippen LogP contribution in [0.15, 0.2) is 235 Å². The summed E-state index contributed by atoms with van der Waals surface area (Å²) in [6.45, 7) is 0. The van der Waals surface area contributed by atoms with Crippen molar-refractivity contribution in [3.05, 3.63) is 218 Å². The molecule has 0 fully saturated rings. The van der Waals surface area contributed by atoms with Gasteiger partial charge in [-0.1, -0.05) is 200 Å². The Balaban J connectivity index is 0.974. The molecule has 0 aliphatic heterocycles. The van der Waals surface area contributed by atoms with Gasteiger partial charge < -0.3 is 25.8 Å². The number of hydrogen-bond donors (Lipinski definition) is 0. The maximum Gasteiger partial charge on any atom is 0.453 e. The fourth-order valence-corrected chi connectivity index (χ4v) is 13.1. The van der Waals surface area contributed by atoms with Gasteiger partial charge in [-0.15, -0.1) is 0 Å². The maximum absolute atomic E-state index is 7.13. The summed E-state index contributed by atoms with van der Waals surface area (Å²) in [7, 11) is -4.19. The van der Waals surface area contributed by atoms with Crippen molar-refractivity contribution in [2.45, 2.75) is 0 Å². The molecule has 2 aromatic heterocycles. The third-order valence-corrected chi connectivity index (χ3v) is 15.9. The van der Waals surface area contributed by atoms with Crippen LogP contribution in [0.25, 0.3) is 130 Å². The Labute approximate surface area is 400 Å². The van der Waals surface area contributed by atoms with Crippen LogP contribution in [0.2, 0.25) is 0 Å². The van der Waals surface area contributed by atoms with Gasteiger partial charge in [-0.05, 0) is 76.8 Å². The lowest BCUT2D eigenvalue weighted by molar-refractivity contribution is 0.487. The first kappa shape index (κ1) is 39.3. The zero-order valence-corrected chi connectivity index (χ0v) is 38.9. The molecule has 0 saturated heterocycles.